The Morgan fingerprint density at radius 3 is 1.86 bits per heavy atom. The summed E-state index contributed by atoms with van der Waals surface area (Å²) in [5.41, 5.74) is 1.37. The van der Waals surface area contributed by atoms with Gasteiger partial charge in [-0.1, -0.05) is 15.9 Å². The van der Waals surface area contributed by atoms with Crippen LogP contribution in [0.15, 0.2) is 49.1 Å². The Bertz CT molecular complexity index is 617. The molecule has 0 fully saturated rings. The number of alkyl halides is 2. The van der Waals surface area contributed by atoms with Crippen molar-refractivity contribution in [3.8, 4) is 12.1 Å². The smallest absolute Gasteiger partial charge is 0.186 e. The Labute approximate surface area is 143 Å². The molecule has 2 heterocycles. The SMILES string of the molecule is N#Cc1ccc[n+](CCBr)c1.N#Cc1ccc[n+](CCCl)c1. The van der Waals surface area contributed by atoms with E-state index in [9.17, 15) is 0 Å². The number of nitrogens with zero attached hydrogens (tertiary/aromatic N) is 4. The third-order valence-corrected chi connectivity index (χ3v) is 3.18. The summed E-state index contributed by atoms with van der Waals surface area (Å²) in [6, 6.07) is 11.4. The largest absolute Gasteiger partial charge is 0.203 e. The summed E-state index contributed by atoms with van der Waals surface area (Å²) in [6.07, 6.45) is 7.45. The molecule has 0 radical (unpaired) electrons. The van der Waals surface area contributed by atoms with Gasteiger partial charge in [-0.15, -0.1) is 11.6 Å². The second-order valence-electron chi connectivity index (χ2n) is 4.26. The van der Waals surface area contributed by atoms with Crippen molar-refractivity contribution < 1.29 is 9.13 Å². The van der Waals surface area contributed by atoms with Gasteiger partial charge in [-0.25, -0.2) is 9.13 Å². The highest BCUT2D eigenvalue weighted by molar-refractivity contribution is 9.09. The molecule has 0 unspecified atom stereocenters. The molecule has 0 spiro atoms. The molecule has 0 aliphatic carbocycles. The summed E-state index contributed by atoms with van der Waals surface area (Å²) in [5.74, 6) is 0.569. The molecule has 4 nitrogen and oxygen atoms in total. The number of rotatable bonds is 4. The summed E-state index contributed by atoms with van der Waals surface area (Å²) >= 11 is 8.86. The quantitative estimate of drug-likeness (QED) is 0.605. The summed E-state index contributed by atoms with van der Waals surface area (Å²) in [4.78, 5) is 0. The fourth-order valence-corrected chi connectivity index (χ4v) is 2.25. The molecule has 0 aliphatic heterocycles. The molecule has 0 saturated heterocycles. The van der Waals surface area contributed by atoms with Crippen LogP contribution in [0, 0.1) is 22.7 Å². The highest BCUT2D eigenvalue weighted by Gasteiger charge is 2.00. The van der Waals surface area contributed by atoms with Crippen molar-refractivity contribution in [1.29, 1.82) is 10.5 Å². The van der Waals surface area contributed by atoms with Gasteiger partial charge in [0, 0.05) is 12.1 Å². The molecule has 112 valence electrons. The van der Waals surface area contributed by atoms with E-state index in [1.54, 1.807) is 18.3 Å². The van der Waals surface area contributed by atoms with E-state index in [4.69, 9.17) is 22.1 Å². The number of aryl methyl sites for hydroxylation is 2. The number of pyridine rings is 2. The molecule has 2 aromatic heterocycles. The van der Waals surface area contributed by atoms with Crippen LogP contribution in [0.3, 0.4) is 0 Å². The highest BCUT2D eigenvalue weighted by atomic mass is 79.9. The zero-order chi connectivity index (χ0) is 16.2. The van der Waals surface area contributed by atoms with Crippen molar-refractivity contribution in [2.75, 3.05) is 11.2 Å². The van der Waals surface area contributed by atoms with Gasteiger partial charge in [-0.05, 0) is 12.1 Å². The standard InChI is InChI=1S/C8H8BrN2.C8H8ClN2/c2*9-3-5-11-4-1-2-8(6-10)7-11/h2*1-2,4,7H,3,5H2/q2*+1. The molecule has 22 heavy (non-hydrogen) atoms. The third kappa shape index (κ3) is 6.67. The van der Waals surface area contributed by atoms with Crippen LogP contribution in [-0.2, 0) is 13.1 Å². The number of nitriles is 2. The topological polar surface area (TPSA) is 55.3 Å². The van der Waals surface area contributed by atoms with Crippen LogP contribution < -0.4 is 9.13 Å². The molecule has 0 N–H and O–H groups in total. The maximum absolute atomic E-state index is 8.56. The van der Waals surface area contributed by atoms with Crippen LogP contribution in [0.25, 0.3) is 0 Å². The highest BCUT2D eigenvalue weighted by Crippen LogP contribution is 1.91. The Morgan fingerprint density at radius 2 is 1.45 bits per heavy atom. The van der Waals surface area contributed by atoms with E-state index >= 15 is 0 Å². The fraction of sp³-hybridized carbons (Fsp3) is 0.250. The molecular weight excluding hydrogens is 364 g/mol. The van der Waals surface area contributed by atoms with Crippen LogP contribution >= 0.6 is 27.5 Å². The average molecular weight is 380 g/mol. The zero-order valence-electron chi connectivity index (χ0n) is 12.0. The zero-order valence-corrected chi connectivity index (χ0v) is 14.3. The molecule has 0 aromatic carbocycles. The predicted molar refractivity (Wildman–Crippen MR) is 87.2 cm³/mol. The van der Waals surface area contributed by atoms with Crippen LogP contribution in [0.4, 0.5) is 0 Å². The Hall–Kier alpha value is -1.95. The molecule has 0 saturated carbocycles. The molecule has 6 heteroatoms. The lowest BCUT2D eigenvalue weighted by Crippen LogP contribution is -2.33. The van der Waals surface area contributed by atoms with Crippen molar-refractivity contribution in [1.82, 2.24) is 0 Å². The number of aromatic nitrogens is 2. The minimum Gasteiger partial charge on any atom is -0.203 e. The van der Waals surface area contributed by atoms with Crippen LogP contribution in [0.1, 0.15) is 11.1 Å². The normalized spacial score (nSPS) is 9.09. The van der Waals surface area contributed by atoms with Crippen molar-refractivity contribution >= 4 is 27.5 Å². The van der Waals surface area contributed by atoms with Gasteiger partial charge >= 0.3 is 0 Å². The lowest BCUT2D eigenvalue weighted by atomic mass is 10.3. The van der Waals surface area contributed by atoms with Gasteiger partial charge in [0.15, 0.2) is 37.9 Å². The predicted octanol–water partition coefficient (Wildman–Crippen LogP) is 2.33. The average Bonchev–Trinajstić information content (AvgIpc) is 2.56. The first kappa shape index (κ1) is 18.1. The van der Waals surface area contributed by atoms with Gasteiger partial charge in [0.1, 0.15) is 23.3 Å². The molecular formula is C16H16BrClN4+2. The molecule has 0 amide bonds. The van der Waals surface area contributed by atoms with Crippen molar-refractivity contribution in [3.63, 3.8) is 0 Å². The summed E-state index contributed by atoms with van der Waals surface area (Å²) in [5, 5.41) is 18.0. The first-order valence-electron chi connectivity index (χ1n) is 6.64. The van der Waals surface area contributed by atoms with E-state index in [2.05, 4.69) is 28.1 Å². The number of halogens is 2. The third-order valence-electron chi connectivity index (χ3n) is 2.66. The maximum atomic E-state index is 8.56. The van der Waals surface area contributed by atoms with E-state index in [-0.39, 0.29) is 0 Å². The summed E-state index contributed by atoms with van der Waals surface area (Å²) in [6.45, 7) is 1.65. The lowest BCUT2D eigenvalue weighted by Gasteiger charge is -1.90. The second kappa shape index (κ2) is 10.7. The van der Waals surface area contributed by atoms with E-state index < -0.39 is 0 Å². The molecule has 0 bridgehead atoms. The second-order valence-corrected chi connectivity index (χ2v) is 5.43. The molecule has 2 aromatic rings. The summed E-state index contributed by atoms with van der Waals surface area (Å²) in [7, 11) is 0. The van der Waals surface area contributed by atoms with Crippen molar-refractivity contribution in [3.05, 3.63) is 60.2 Å². The minimum absolute atomic E-state index is 0.569. The van der Waals surface area contributed by atoms with Crippen molar-refractivity contribution in [2.45, 2.75) is 13.1 Å². The minimum atomic E-state index is 0.569. The van der Waals surface area contributed by atoms with E-state index in [0.717, 1.165) is 18.4 Å². The summed E-state index contributed by atoms with van der Waals surface area (Å²) < 4.78 is 3.87. The lowest BCUT2D eigenvalue weighted by molar-refractivity contribution is -0.692. The van der Waals surface area contributed by atoms with Gasteiger partial charge in [-0.3, -0.25) is 0 Å². The van der Waals surface area contributed by atoms with Gasteiger partial charge in [0.2, 0.25) is 0 Å². The monoisotopic (exact) mass is 378 g/mol. The fourth-order valence-electron chi connectivity index (χ4n) is 1.65. The first-order valence-corrected chi connectivity index (χ1v) is 8.29. The molecule has 2 rings (SSSR count). The van der Waals surface area contributed by atoms with E-state index in [0.29, 0.717) is 17.0 Å². The van der Waals surface area contributed by atoms with E-state index in [1.807, 2.05) is 39.9 Å². The van der Waals surface area contributed by atoms with Gasteiger partial charge < -0.3 is 0 Å². The van der Waals surface area contributed by atoms with Gasteiger partial charge in [0.05, 0.1) is 11.2 Å². The number of hydrogen-bond acceptors (Lipinski definition) is 2. The van der Waals surface area contributed by atoms with Gasteiger partial charge in [-0.2, -0.15) is 10.5 Å². The van der Waals surface area contributed by atoms with Crippen LogP contribution in [0.2, 0.25) is 0 Å². The Balaban J connectivity index is 0.000000220. The van der Waals surface area contributed by atoms with Gasteiger partial charge in [0.25, 0.3) is 0 Å². The first-order chi connectivity index (χ1) is 10.7. The molecule has 0 aliphatic rings. The van der Waals surface area contributed by atoms with E-state index in [1.165, 1.54) is 0 Å². The Morgan fingerprint density at radius 1 is 0.955 bits per heavy atom. The Kier molecular flexibility index (Phi) is 8.83. The van der Waals surface area contributed by atoms with Crippen LogP contribution in [0.5, 0.6) is 0 Å². The number of hydrogen-bond donors (Lipinski definition) is 0. The van der Waals surface area contributed by atoms with Crippen molar-refractivity contribution in [2.24, 2.45) is 0 Å². The maximum Gasteiger partial charge on any atom is 0.186 e. The molecule has 0 atom stereocenters. The van der Waals surface area contributed by atoms with Crippen LogP contribution in [-0.4, -0.2) is 11.2 Å².